The Labute approximate surface area is 148 Å². The second-order valence-corrected chi connectivity index (χ2v) is 11.6. The third kappa shape index (κ3) is 1.62. The molecule has 4 atom stereocenters. The van der Waals surface area contributed by atoms with Crippen molar-refractivity contribution in [3.8, 4) is 0 Å². The molecule has 130 valence electrons. The van der Waals surface area contributed by atoms with E-state index < -0.39 is 0 Å². The Morgan fingerprint density at radius 3 is 1.17 bits per heavy atom. The predicted molar refractivity (Wildman–Crippen MR) is 99.5 cm³/mol. The SMILES string of the molecule is C=CC12CC3CC(C1)CC(C14CC5CC(CC(C=C)(C5)C1)C4)(C3)C2. The third-order valence-corrected chi connectivity index (χ3v) is 10.2. The first-order valence-corrected chi connectivity index (χ1v) is 10.8. The van der Waals surface area contributed by atoms with E-state index >= 15 is 0 Å². The molecule has 24 heavy (non-hydrogen) atoms. The van der Waals surface area contributed by atoms with E-state index in [1.165, 1.54) is 38.5 Å². The molecule has 0 spiro atoms. The molecule has 8 saturated carbocycles. The van der Waals surface area contributed by atoms with Crippen molar-refractivity contribution < 1.29 is 0 Å². The highest BCUT2D eigenvalue weighted by molar-refractivity contribution is 5.23. The van der Waals surface area contributed by atoms with Crippen molar-refractivity contribution in [2.45, 2.75) is 77.0 Å². The fourth-order valence-corrected chi connectivity index (χ4v) is 10.4. The van der Waals surface area contributed by atoms with E-state index in [4.69, 9.17) is 0 Å². The van der Waals surface area contributed by atoms with Crippen LogP contribution in [0.4, 0.5) is 0 Å². The first-order valence-electron chi connectivity index (χ1n) is 10.8. The molecule has 0 aromatic heterocycles. The lowest BCUT2D eigenvalue weighted by Gasteiger charge is -2.73. The molecule has 0 radical (unpaired) electrons. The molecule has 0 saturated heterocycles. The smallest absolute Gasteiger partial charge is 0.0110 e. The quantitative estimate of drug-likeness (QED) is 0.518. The molecule has 8 aliphatic rings. The zero-order chi connectivity index (χ0) is 16.2. The van der Waals surface area contributed by atoms with Gasteiger partial charge in [-0.25, -0.2) is 0 Å². The number of allylic oxidation sites excluding steroid dienone is 2. The van der Waals surface area contributed by atoms with Gasteiger partial charge >= 0.3 is 0 Å². The molecule has 0 aliphatic heterocycles. The molecule has 0 aromatic rings. The highest BCUT2D eigenvalue weighted by atomic mass is 14.7. The molecular weight excluding hydrogens is 288 g/mol. The molecule has 0 nitrogen and oxygen atoms in total. The molecule has 8 aliphatic carbocycles. The second kappa shape index (κ2) is 4.24. The van der Waals surface area contributed by atoms with Crippen LogP contribution in [0.2, 0.25) is 0 Å². The van der Waals surface area contributed by atoms with Crippen molar-refractivity contribution in [2.75, 3.05) is 0 Å². The lowest BCUT2D eigenvalue weighted by molar-refractivity contribution is -0.223. The minimum atomic E-state index is 0.523. The molecule has 0 N–H and O–H groups in total. The molecule has 0 amide bonds. The van der Waals surface area contributed by atoms with Gasteiger partial charge in [-0.15, -0.1) is 13.2 Å². The van der Waals surface area contributed by atoms with Crippen LogP contribution in [0, 0.1) is 45.3 Å². The minimum Gasteiger partial charge on any atom is -0.103 e. The summed E-state index contributed by atoms with van der Waals surface area (Å²) in [6.07, 6.45) is 23.1. The molecule has 0 aromatic carbocycles. The van der Waals surface area contributed by atoms with Gasteiger partial charge in [-0.3, -0.25) is 0 Å². The fourth-order valence-electron chi connectivity index (χ4n) is 10.4. The summed E-state index contributed by atoms with van der Waals surface area (Å²) in [7, 11) is 0. The molecule has 0 heterocycles. The summed E-state index contributed by atoms with van der Waals surface area (Å²) in [5.41, 5.74) is 2.40. The van der Waals surface area contributed by atoms with Crippen LogP contribution in [0.5, 0.6) is 0 Å². The molecule has 8 fully saturated rings. The van der Waals surface area contributed by atoms with Gasteiger partial charge < -0.3 is 0 Å². The Morgan fingerprint density at radius 2 is 0.875 bits per heavy atom. The Kier molecular flexibility index (Phi) is 2.58. The van der Waals surface area contributed by atoms with Gasteiger partial charge in [0.2, 0.25) is 0 Å². The minimum absolute atomic E-state index is 0.523. The molecule has 4 unspecified atom stereocenters. The highest BCUT2D eigenvalue weighted by Crippen LogP contribution is 2.78. The van der Waals surface area contributed by atoms with Crippen molar-refractivity contribution in [3.63, 3.8) is 0 Å². The van der Waals surface area contributed by atoms with Crippen LogP contribution in [-0.4, -0.2) is 0 Å². The van der Waals surface area contributed by atoms with Crippen LogP contribution >= 0.6 is 0 Å². The van der Waals surface area contributed by atoms with Crippen molar-refractivity contribution in [3.05, 3.63) is 25.3 Å². The Balaban J connectivity index is 1.46. The van der Waals surface area contributed by atoms with E-state index in [1.54, 1.807) is 38.5 Å². The summed E-state index contributed by atoms with van der Waals surface area (Å²) in [6.45, 7) is 8.68. The first kappa shape index (κ1) is 14.6. The van der Waals surface area contributed by atoms with Gasteiger partial charge in [0.25, 0.3) is 0 Å². The van der Waals surface area contributed by atoms with Crippen LogP contribution in [0.25, 0.3) is 0 Å². The molecule has 8 bridgehead atoms. The van der Waals surface area contributed by atoms with Gasteiger partial charge in [-0.05, 0) is 122 Å². The Morgan fingerprint density at radius 1 is 0.542 bits per heavy atom. The van der Waals surface area contributed by atoms with Crippen LogP contribution in [0.15, 0.2) is 25.3 Å². The molecule has 8 rings (SSSR count). The van der Waals surface area contributed by atoms with Gasteiger partial charge in [0, 0.05) is 0 Å². The van der Waals surface area contributed by atoms with E-state index in [9.17, 15) is 0 Å². The topological polar surface area (TPSA) is 0 Å². The maximum Gasteiger partial charge on any atom is -0.0110 e. The van der Waals surface area contributed by atoms with Crippen molar-refractivity contribution in [1.82, 2.24) is 0 Å². The summed E-state index contributed by atoms with van der Waals surface area (Å²) in [5, 5.41) is 0. The van der Waals surface area contributed by atoms with Gasteiger partial charge in [0.1, 0.15) is 0 Å². The third-order valence-electron chi connectivity index (χ3n) is 10.2. The average Bonchev–Trinajstić information content (AvgIpc) is 2.52. The number of hydrogen-bond acceptors (Lipinski definition) is 0. The highest BCUT2D eigenvalue weighted by Gasteiger charge is 2.68. The van der Waals surface area contributed by atoms with Gasteiger partial charge in [-0.1, -0.05) is 12.2 Å². The average molecular weight is 323 g/mol. The van der Waals surface area contributed by atoms with E-state index in [0.29, 0.717) is 21.7 Å². The molecular formula is C24H34. The first-order chi connectivity index (χ1) is 11.5. The van der Waals surface area contributed by atoms with Gasteiger partial charge in [-0.2, -0.15) is 0 Å². The van der Waals surface area contributed by atoms with Crippen molar-refractivity contribution in [1.29, 1.82) is 0 Å². The Bertz CT molecular complexity index is 528. The maximum atomic E-state index is 4.34. The van der Waals surface area contributed by atoms with Gasteiger partial charge in [0.05, 0.1) is 0 Å². The summed E-state index contributed by atoms with van der Waals surface area (Å²) >= 11 is 0. The monoisotopic (exact) mass is 322 g/mol. The van der Waals surface area contributed by atoms with Crippen molar-refractivity contribution in [2.24, 2.45) is 45.3 Å². The summed E-state index contributed by atoms with van der Waals surface area (Å²) in [5.74, 6) is 4.10. The van der Waals surface area contributed by atoms with Crippen molar-refractivity contribution >= 4 is 0 Å². The lowest BCUT2D eigenvalue weighted by Crippen LogP contribution is -2.64. The van der Waals surface area contributed by atoms with E-state index in [2.05, 4.69) is 25.3 Å². The van der Waals surface area contributed by atoms with E-state index in [0.717, 1.165) is 23.7 Å². The van der Waals surface area contributed by atoms with Crippen LogP contribution in [0.1, 0.15) is 77.0 Å². The maximum absolute atomic E-state index is 4.34. The zero-order valence-corrected chi connectivity index (χ0v) is 15.4. The lowest BCUT2D eigenvalue weighted by atomic mass is 9.31. The fraction of sp³-hybridized carbons (Fsp3) is 0.833. The standard InChI is InChI=1S/C24H34/c1-3-21-7-17-5-18(8-21)12-23(11-17,15-21)24-13-19-6-20(14-24)10-22(4-2,9-19)16-24/h3-4,17-20H,1-2,5-16H2. The summed E-state index contributed by atoms with van der Waals surface area (Å²) < 4.78 is 0. The van der Waals surface area contributed by atoms with Crippen LogP contribution in [0.3, 0.4) is 0 Å². The van der Waals surface area contributed by atoms with Crippen LogP contribution in [-0.2, 0) is 0 Å². The molecule has 0 heteroatoms. The second-order valence-electron chi connectivity index (χ2n) is 11.6. The van der Waals surface area contributed by atoms with E-state index in [-0.39, 0.29) is 0 Å². The summed E-state index contributed by atoms with van der Waals surface area (Å²) in [4.78, 5) is 0. The Hall–Kier alpha value is -0.520. The number of rotatable bonds is 3. The predicted octanol–water partition coefficient (Wildman–Crippen LogP) is 6.53. The largest absolute Gasteiger partial charge is 0.103 e. The van der Waals surface area contributed by atoms with E-state index in [1.807, 2.05) is 0 Å². The zero-order valence-electron chi connectivity index (χ0n) is 15.4. The number of hydrogen-bond donors (Lipinski definition) is 0. The van der Waals surface area contributed by atoms with Crippen LogP contribution < -0.4 is 0 Å². The summed E-state index contributed by atoms with van der Waals surface area (Å²) in [6, 6.07) is 0. The van der Waals surface area contributed by atoms with Gasteiger partial charge in [0.15, 0.2) is 0 Å². The normalized spacial score (nSPS) is 62.8.